The van der Waals surface area contributed by atoms with E-state index in [1.165, 1.54) is 6.33 Å². The van der Waals surface area contributed by atoms with E-state index in [0.29, 0.717) is 5.82 Å². The Hall–Kier alpha value is -2.69. The number of aromatic nitrogens is 3. The highest BCUT2D eigenvalue weighted by Gasteiger charge is 2.09. The second-order valence-electron chi connectivity index (χ2n) is 4.45. The van der Waals surface area contributed by atoms with Crippen molar-refractivity contribution in [2.45, 2.75) is 13.3 Å². The summed E-state index contributed by atoms with van der Waals surface area (Å²) >= 11 is 0. The molecule has 5 heteroatoms. The topological polar surface area (TPSA) is 76.7 Å². The smallest absolute Gasteiger partial charge is 0.139 e. The number of nitrogens with two attached hydrogens (primary N) is 1. The van der Waals surface area contributed by atoms with Crippen LogP contribution in [-0.2, 0) is 6.42 Å². The first-order valence-electron chi connectivity index (χ1n) is 6.49. The SMILES string of the molecule is CCc1c(N)ncnc1Nc1cccc2cccnc12. The van der Waals surface area contributed by atoms with Crippen molar-refractivity contribution in [3.8, 4) is 0 Å². The molecule has 0 saturated carbocycles. The second-order valence-corrected chi connectivity index (χ2v) is 4.45. The zero-order chi connectivity index (χ0) is 13.9. The van der Waals surface area contributed by atoms with Gasteiger partial charge in [-0.15, -0.1) is 0 Å². The molecule has 3 N–H and O–H groups in total. The third-order valence-corrected chi connectivity index (χ3v) is 3.22. The molecule has 0 fully saturated rings. The van der Waals surface area contributed by atoms with Crippen LogP contribution < -0.4 is 11.1 Å². The number of fused-ring (bicyclic) bond motifs is 1. The molecule has 0 bridgehead atoms. The summed E-state index contributed by atoms with van der Waals surface area (Å²) in [6, 6.07) is 9.95. The monoisotopic (exact) mass is 265 g/mol. The van der Waals surface area contributed by atoms with Gasteiger partial charge in [-0.25, -0.2) is 9.97 Å². The molecule has 0 unspecified atom stereocenters. The van der Waals surface area contributed by atoms with E-state index >= 15 is 0 Å². The Labute approximate surface area is 116 Å². The Balaban J connectivity index is 2.08. The molecule has 5 nitrogen and oxygen atoms in total. The molecular weight excluding hydrogens is 250 g/mol. The number of benzene rings is 1. The van der Waals surface area contributed by atoms with Gasteiger partial charge in [-0.2, -0.15) is 0 Å². The normalized spacial score (nSPS) is 10.7. The molecule has 3 aromatic rings. The molecule has 0 aliphatic carbocycles. The van der Waals surface area contributed by atoms with Gasteiger partial charge < -0.3 is 11.1 Å². The molecule has 3 rings (SSSR count). The molecule has 0 aliphatic rings. The number of rotatable bonds is 3. The lowest BCUT2D eigenvalue weighted by Gasteiger charge is -2.12. The van der Waals surface area contributed by atoms with E-state index in [2.05, 4.69) is 20.3 Å². The summed E-state index contributed by atoms with van der Waals surface area (Å²) in [7, 11) is 0. The van der Waals surface area contributed by atoms with Crippen molar-refractivity contribution in [2.75, 3.05) is 11.1 Å². The van der Waals surface area contributed by atoms with Crippen LogP contribution in [0.5, 0.6) is 0 Å². The van der Waals surface area contributed by atoms with Gasteiger partial charge in [0.25, 0.3) is 0 Å². The van der Waals surface area contributed by atoms with Gasteiger partial charge in [0.05, 0.1) is 11.2 Å². The van der Waals surface area contributed by atoms with Gasteiger partial charge in [0.2, 0.25) is 0 Å². The van der Waals surface area contributed by atoms with Gasteiger partial charge in [0, 0.05) is 17.1 Å². The van der Waals surface area contributed by atoms with Crippen LogP contribution in [0.1, 0.15) is 12.5 Å². The average molecular weight is 265 g/mol. The van der Waals surface area contributed by atoms with Gasteiger partial charge >= 0.3 is 0 Å². The maximum Gasteiger partial charge on any atom is 0.139 e. The van der Waals surface area contributed by atoms with E-state index in [1.54, 1.807) is 6.20 Å². The number of hydrogen-bond acceptors (Lipinski definition) is 5. The van der Waals surface area contributed by atoms with Crippen LogP contribution in [0.2, 0.25) is 0 Å². The molecular formula is C15H15N5. The fraction of sp³-hybridized carbons (Fsp3) is 0.133. The first-order valence-corrected chi connectivity index (χ1v) is 6.49. The van der Waals surface area contributed by atoms with Crippen LogP contribution in [0, 0.1) is 0 Å². The molecule has 0 saturated heterocycles. The lowest BCUT2D eigenvalue weighted by atomic mass is 10.1. The Morgan fingerprint density at radius 2 is 1.95 bits per heavy atom. The molecule has 0 radical (unpaired) electrons. The van der Waals surface area contributed by atoms with Gasteiger partial charge in [-0.05, 0) is 18.6 Å². The van der Waals surface area contributed by atoms with Crippen molar-refractivity contribution in [1.82, 2.24) is 15.0 Å². The average Bonchev–Trinajstić information content (AvgIpc) is 2.48. The molecule has 100 valence electrons. The standard InChI is InChI=1S/C15H15N5/c1-2-11-14(16)18-9-19-15(11)20-12-7-3-5-10-6-4-8-17-13(10)12/h3-9H,2H2,1H3,(H3,16,18,19,20). The number of nitrogens with zero attached hydrogens (tertiary/aromatic N) is 3. The molecule has 1 aromatic carbocycles. The number of nitrogen functional groups attached to an aromatic ring is 1. The van der Waals surface area contributed by atoms with Gasteiger partial charge in [0.1, 0.15) is 18.0 Å². The van der Waals surface area contributed by atoms with E-state index in [4.69, 9.17) is 5.73 Å². The first kappa shape index (κ1) is 12.3. The fourth-order valence-corrected chi connectivity index (χ4v) is 2.21. The Morgan fingerprint density at radius 1 is 1.10 bits per heavy atom. The summed E-state index contributed by atoms with van der Waals surface area (Å²) in [5.74, 6) is 1.25. The Morgan fingerprint density at radius 3 is 2.80 bits per heavy atom. The molecule has 2 aromatic heterocycles. The van der Waals surface area contributed by atoms with E-state index < -0.39 is 0 Å². The lowest BCUT2D eigenvalue weighted by Crippen LogP contribution is -2.04. The van der Waals surface area contributed by atoms with E-state index in [-0.39, 0.29) is 0 Å². The molecule has 0 spiro atoms. The van der Waals surface area contributed by atoms with Crippen molar-refractivity contribution in [3.05, 3.63) is 48.4 Å². The molecule has 2 heterocycles. The van der Waals surface area contributed by atoms with Crippen LogP contribution in [0.3, 0.4) is 0 Å². The van der Waals surface area contributed by atoms with Crippen molar-refractivity contribution in [2.24, 2.45) is 0 Å². The van der Waals surface area contributed by atoms with Crippen molar-refractivity contribution < 1.29 is 0 Å². The summed E-state index contributed by atoms with van der Waals surface area (Å²) in [5.41, 5.74) is 8.63. The quantitative estimate of drug-likeness (QED) is 0.761. The van der Waals surface area contributed by atoms with E-state index in [0.717, 1.165) is 34.4 Å². The van der Waals surface area contributed by atoms with Crippen LogP contribution >= 0.6 is 0 Å². The van der Waals surface area contributed by atoms with Crippen LogP contribution in [0.15, 0.2) is 42.9 Å². The van der Waals surface area contributed by atoms with Gasteiger partial charge in [0.15, 0.2) is 0 Å². The van der Waals surface area contributed by atoms with Crippen molar-refractivity contribution in [1.29, 1.82) is 0 Å². The number of anilines is 3. The fourth-order valence-electron chi connectivity index (χ4n) is 2.21. The summed E-state index contributed by atoms with van der Waals surface area (Å²) in [4.78, 5) is 12.7. The summed E-state index contributed by atoms with van der Waals surface area (Å²) in [6.07, 6.45) is 4.02. The second kappa shape index (κ2) is 5.13. The van der Waals surface area contributed by atoms with Crippen molar-refractivity contribution >= 4 is 28.2 Å². The maximum absolute atomic E-state index is 5.89. The highest BCUT2D eigenvalue weighted by molar-refractivity contribution is 5.92. The van der Waals surface area contributed by atoms with Gasteiger partial charge in [-0.3, -0.25) is 4.98 Å². The zero-order valence-electron chi connectivity index (χ0n) is 11.2. The highest BCUT2D eigenvalue weighted by atomic mass is 15.0. The number of pyridine rings is 1. The van der Waals surface area contributed by atoms with Crippen LogP contribution in [-0.4, -0.2) is 15.0 Å². The van der Waals surface area contributed by atoms with Crippen molar-refractivity contribution in [3.63, 3.8) is 0 Å². The maximum atomic E-state index is 5.89. The predicted molar refractivity (Wildman–Crippen MR) is 80.8 cm³/mol. The van der Waals surface area contributed by atoms with Gasteiger partial charge in [-0.1, -0.05) is 25.1 Å². The van der Waals surface area contributed by atoms with E-state index in [1.807, 2.05) is 37.3 Å². The van der Waals surface area contributed by atoms with E-state index in [9.17, 15) is 0 Å². The number of nitrogens with one attached hydrogen (secondary N) is 1. The third kappa shape index (κ3) is 2.14. The third-order valence-electron chi connectivity index (χ3n) is 3.22. The summed E-state index contributed by atoms with van der Waals surface area (Å²) in [6.45, 7) is 2.03. The molecule has 20 heavy (non-hydrogen) atoms. The largest absolute Gasteiger partial charge is 0.383 e. The van der Waals surface area contributed by atoms with Crippen LogP contribution in [0.25, 0.3) is 10.9 Å². The molecule has 0 amide bonds. The number of para-hydroxylation sites is 1. The predicted octanol–water partition coefficient (Wildman–Crippen LogP) is 2.91. The highest BCUT2D eigenvalue weighted by Crippen LogP contribution is 2.26. The summed E-state index contributed by atoms with van der Waals surface area (Å²) in [5, 5.41) is 4.39. The molecule has 0 aliphatic heterocycles. The molecule has 0 atom stereocenters. The minimum Gasteiger partial charge on any atom is -0.383 e. The minimum absolute atomic E-state index is 0.512. The zero-order valence-corrected chi connectivity index (χ0v) is 11.2. The van der Waals surface area contributed by atoms with Crippen LogP contribution in [0.4, 0.5) is 17.3 Å². The summed E-state index contributed by atoms with van der Waals surface area (Å²) < 4.78 is 0. The minimum atomic E-state index is 0.512. The number of hydrogen-bond donors (Lipinski definition) is 2. The Bertz CT molecular complexity index is 749. The Kier molecular flexibility index (Phi) is 3.16. The lowest BCUT2D eigenvalue weighted by molar-refractivity contribution is 1.06. The first-order chi connectivity index (χ1) is 9.79.